The van der Waals surface area contributed by atoms with Crippen LogP contribution in [0, 0.1) is 0 Å². The van der Waals surface area contributed by atoms with E-state index in [1.165, 1.54) is 143 Å². The summed E-state index contributed by atoms with van der Waals surface area (Å²) in [5.74, 6) is 0. The van der Waals surface area contributed by atoms with Gasteiger partial charge in [0.25, 0.3) is 13.4 Å². The summed E-state index contributed by atoms with van der Waals surface area (Å²) in [4.78, 5) is 12.7. The van der Waals surface area contributed by atoms with Crippen molar-refractivity contribution in [1.82, 2.24) is 0 Å². The first-order valence-corrected chi connectivity index (χ1v) is 49.5. The number of benzene rings is 14. The zero-order chi connectivity index (χ0) is 91.5. The van der Waals surface area contributed by atoms with Crippen LogP contribution in [0.25, 0.3) is 64.0 Å². The van der Waals surface area contributed by atoms with Gasteiger partial charge in [-0.3, -0.25) is 0 Å². The van der Waals surface area contributed by atoms with Gasteiger partial charge in [0.15, 0.2) is 0 Å². The summed E-state index contributed by atoms with van der Waals surface area (Å²) in [5.41, 5.74) is 37.6. The predicted octanol–water partition coefficient (Wildman–Crippen LogP) is 31.8. The molecule has 0 N–H and O–H groups in total. The Morgan fingerprint density at radius 3 is 1.02 bits per heavy atom. The minimum Gasteiger partial charge on any atom is -0.456 e. The quantitative estimate of drug-likeness (QED) is 0.147. The number of nitrogens with zero attached hydrogens (tertiary/aromatic N) is 5. The summed E-state index contributed by atoms with van der Waals surface area (Å²) < 4.78 is 18.8. The molecule has 8 heterocycles. The summed E-state index contributed by atoms with van der Waals surface area (Å²) in [7, 11) is 0. The van der Waals surface area contributed by atoms with Crippen LogP contribution in [0.15, 0.2) is 288 Å². The van der Waals surface area contributed by atoms with Gasteiger partial charge in [0.1, 0.15) is 22.3 Å². The van der Waals surface area contributed by atoms with E-state index in [4.69, 9.17) is 20.4 Å². The van der Waals surface area contributed by atoms with Gasteiger partial charge in [0.05, 0.1) is 39.2 Å². The average Bonchev–Trinajstić information content (AvgIpc) is 1.37. The predicted molar refractivity (Wildman–Crippen MR) is 571 cm³/mol. The molecule has 4 aliphatic heterocycles. The van der Waals surface area contributed by atoms with E-state index < -0.39 is 0 Å². The fourth-order valence-electron chi connectivity index (χ4n) is 22.9. The van der Waals surface area contributed by atoms with Crippen LogP contribution >= 0.6 is 34.3 Å². The fraction of sp³-hybridized carbons (Fsp3) is 0.267. The number of furan rings is 2. The number of rotatable bonds is 7. The number of anilines is 15. The third-order valence-corrected chi connectivity index (χ3v) is 33.1. The topological polar surface area (TPSA) is 42.5 Å². The van der Waals surface area contributed by atoms with Crippen molar-refractivity contribution in [2.24, 2.45) is 0 Å². The minimum absolute atomic E-state index is 0.00309. The highest BCUT2D eigenvalue weighted by Gasteiger charge is 2.51. The first-order valence-electron chi connectivity index (χ1n) is 47.5. The van der Waals surface area contributed by atoms with E-state index >= 15 is 0 Å². The zero-order valence-corrected chi connectivity index (χ0v) is 82.2. The Labute approximate surface area is 791 Å². The van der Waals surface area contributed by atoms with Crippen molar-refractivity contribution in [3.05, 3.63) is 329 Å². The SMILES string of the molecule is CC(C)(C)c1ccc(N2c3ccc(C(C)(C)C)cc3B3c4sc5cc6c(cc5c4N(c4cccc5oc7ccccc7c45)c4cc(Cl)cc2c43)C(C)(C)CCC6(C)C)cc1.CC(C)(C)c1ccc(N2c3ccc(C(C)(C)C)cc3B3c4sc5cc6c(cc5c4N(c4cccc5oc7ccccc7c45)c4cc(N(c5ccccc5)c5ccccc5)cc2c43)C(C)(C)CCC6(C)C)cc1. The standard InChI is InChI=1S/C66H62BN3OS.C54H52BClN2OS/c1-63(2,3)41-28-31-45(32-29-41)69-52-33-30-42(64(4,5)6)36-51(52)67-60-54(69)37-46(68(43-20-13-11-14-21-43)44-22-15-12-16-23-44)38-55(60)70(53-25-19-27-57-59(53)47-24-17-18-26-56(47)71-57)61-48-39-49-50(40-58(48)72-62(61)67)66(9,10)35-34-65(49,7)8;1-51(2,3)31-18-21-34(22-19-31)57-40-23-20-32(52(4,5)6)26-39(40)55-48-42(57)27-33(56)28-43(48)58(41-15-13-17-45-47(41)35-14-11-12-16-44(35)59-45)49-36-29-37-38(30-46(36)60-50(49)55)54(9,10)25-24-53(37,7)8/h11-33,36-40H,34-35H2,1-10H3;11-23,26-30H,24-25H2,1-10H3. The van der Waals surface area contributed by atoms with Crippen molar-refractivity contribution in [3.63, 3.8) is 0 Å². The van der Waals surface area contributed by atoms with E-state index in [2.05, 4.69) is 442 Å². The lowest BCUT2D eigenvalue weighted by Crippen LogP contribution is -2.60. The number of para-hydroxylation sites is 4. The van der Waals surface area contributed by atoms with Crippen LogP contribution in [0.2, 0.25) is 5.02 Å². The highest BCUT2D eigenvalue weighted by Crippen LogP contribution is 2.59. The third-order valence-electron chi connectivity index (χ3n) is 30.5. The largest absolute Gasteiger partial charge is 0.456 e. The maximum absolute atomic E-state index is 7.44. The second-order valence-electron chi connectivity index (χ2n) is 45.1. The lowest BCUT2D eigenvalue weighted by Gasteiger charge is -2.44. The maximum atomic E-state index is 7.44. The number of halogens is 1. The van der Waals surface area contributed by atoms with Gasteiger partial charge in [-0.05, 0) is 281 Å². The summed E-state index contributed by atoms with van der Waals surface area (Å²) in [5, 5.41) is 7.82. The lowest BCUT2D eigenvalue weighted by molar-refractivity contribution is 0.332. The van der Waals surface area contributed by atoms with Crippen molar-refractivity contribution in [2.75, 3.05) is 24.5 Å². The second kappa shape index (κ2) is 29.5. The van der Waals surface area contributed by atoms with E-state index in [9.17, 15) is 0 Å². The molecule has 0 saturated heterocycles. The fourth-order valence-corrected chi connectivity index (χ4v) is 25.8. The molecule has 0 spiro atoms. The van der Waals surface area contributed by atoms with Gasteiger partial charge in [-0.2, -0.15) is 0 Å². The van der Waals surface area contributed by atoms with E-state index in [-0.39, 0.29) is 56.7 Å². The molecule has 0 atom stereocenters. The van der Waals surface area contributed by atoms with Gasteiger partial charge >= 0.3 is 0 Å². The van der Waals surface area contributed by atoms with Gasteiger partial charge in [-0.15, -0.1) is 22.7 Å². The Morgan fingerprint density at radius 2 is 0.636 bits per heavy atom. The van der Waals surface area contributed by atoms with Crippen LogP contribution in [0.1, 0.15) is 209 Å². The minimum atomic E-state index is -0.0645. The van der Waals surface area contributed by atoms with Crippen molar-refractivity contribution in [2.45, 2.75) is 207 Å². The molecule has 0 saturated carbocycles. The smallest absolute Gasteiger partial charge is 0.264 e. The Bertz CT molecular complexity index is 7770. The van der Waals surface area contributed by atoms with Crippen LogP contribution in [0.4, 0.5) is 85.3 Å². The molecule has 0 bridgehead atoms. The first kappa shape index (κ1) is 84.3. The number of hydrogen-bond acceptors (Lipinski definition) is 9. The molecule has 0 fully saturated rings. The Balaban J connectivity index is 0.000000152. The highest BCUT2D eigenvalue weighted by molar-refractivity contribution is 7.34. The average molecular weight is 1780 g/mol. The molecule has 18 aromatic rings. The number of hydrogen-bond donors (Lipinski definition) is 0. The molecule has 0 amide bonds. The van der Waals surface area contributed by atoms with E-state index in [0.29, 0.717) is 5.02 Å². The molecule has 6 aliphatic rings. The summed E-state index contributed by atoms with van der Waals surface area (Å²) in [6, 6.07) is 105. The molecule has 0 radical (unpaired) electrons. The van der Waals surface area contributed by atoms with E-state index in [0.717, 1.165) is 108 Å². The number of fused-ring (bicyclic) bond motifs is 20. The zero-order valence-electron chi connectivity index (χ0n) is 79.8. The molecule has 12 heteroatoms. The Kier molecular flexibility index (Phi) is 18.8. The van der Waals surface area contributed by atoms with Crippen LogP contribution in [0.3, 0.4) is 0 Å². The molecule has 7 nitrogen and oxygen atoms in total. The molecule has 14 aromatic carbocycles. The van der Waals surface area contributed by atoms with Gasteiger partial charge in [-0.25, -0.2) is 0 Å². The third kappa shape index (κ3) is 13.2. The molecule has 0 unspecified atom stereocenters. The second-order valence-corrected chi connectivity index (χ2v) is 47.7. The highest BCUT2D eigenvalue weighted by atomic mass is 35.5. The first-order chi connectivity index (χ1) is 62.9. The molecule has 132 heavy (non-hydrogen) atoms. The Morgan fingerprint density at radius 1 is 0.303 bits per heavy atom. The molecular weight excluding hydrogens is 1660 g/mol. The maximum Gasteiger partial charge on any atom is 0.264 e. The summed E-state index contributed by atoms with van der Waals surface area (Å²) >= 11 is 11.4. The summed E-state index contributed by atoms with van der Waals surface area (Å²) in [6.07, 6.45) is 4.66. The van der Waals surface area contributed by atoms with Crippen LogP contribution < -0.4 is 55.9 Å². The molecule has 24 rings (SSSR count). The Hall–Kier alpha value is -12.0. The monoisotopic (exact) mass is 1780 g/mol. The van der Waals surface area contributed by atoms with Crippen LogP contribution in [0.5, 0.6) is 0 Å². The van der Waals surface area contributed by atoms with Gasteiger partial charge in [-0.1, -0.05) is 284 Å². The molecule has 2 aliphatic carbocycles. The molecule has 656 valence electrons. The van der Waals surface area contributed by atoms with E-state index in [1.807, 2.05) is 22.7 Å². The van der Waals surface area contributed by atoms with Crippen LogP contribution in [-0.2, 0) is 43.3 Å². The van der Waals surface area contributed by atoms with Crippen molar-refractivity contribution in [1.29, 1.82) is 0 Å². The van der Waals surface area contributed by atoms with E-state index in [1.54, 1.807) is 0 Å². The van der Waals surface area contributed by atoms with Gasteiger partial charge < -0.3 is 33.3 Å². The summed E-state index contributed by atoms with van der Waals surface area (Å²) in [6.45, 7) is 47.4. The van der Waals surface area contributed by atoms with Gasteiger partial charge in [0.2, 0.25) is 0 Å². The van der Waals surface area contributed by atoms with Crippen LogP contribution in [-0.4, -0.2) is 13.4 Å². The lowest BCUT2D eigenvalue weighted by atomic mass is 9.36. The van der Waals surface area contributed by atoms with Gasteiger partial charge in [0, 0.05) is 102 Å². The van der Waals surface area contributed by atoms with Crippen molar-refractivity contribution in [3.8, 4) is 0 Å². The molecule has 4 aromatic heterocycles. The normalized spacial score (nSPS) is 16.1. The number of thiophene rings is 2. The van der Waals surface area contributed by atoms with Crippen molar-refractivity contribution < 1.29 is 8.83 Å². The van der Waals surface area contributed by atoms with Crippen molar-refractivity contribution >= 4 is 228 Å². The molecular formula is C120H114B2ClN5O2S2.